The summed E-state index contributed by atoms with van der Waals surface area (Å²) in [6, 6.07) is 21.6. The Morgan fingerprint density at radius 2 is 0.921 bits per heavy atom. The van der Waals surface area contributed by atoms with Crippen LogP contribution in [-0.2, 0) is 21.1 Å². The van der Waals surface area contributed by atoms with Crippen LogP contribution in [0, 0.1) is 30.3 Å². The van der Waals surface area contributed by atoms with E-state index in [4.69, 9.17) is 7.10 Å². The number of aryl methyl sites for hydroxylation is 3. The van der Waals surface area contributed by atoms with E-state index in [1.807, 2.05) is 53.8 Å². The molecule has 0 unspecified atom stereocenters. The van der Waals surface area contributed by atoms with E-state index in [1.54, 1.807) is 24.4 Å². The van der Waals surface area contributed by atoms with E-state index in [0.29, 0.717) is 0 Å². The Morgan fingerprint density at radius 1 is 0.539 bits per heavy atom. The molecule has 3 saturated heterocycles. The second-order valence-corrected chi connectivity index (χ2v) is 20.0. The molecule has 7 heterocycles. The molecule has 3 aliphatic heterocycles. The highest BCUT2D eigenvalue weighted by Crippen LogP contribution is 2.34. The average molecular weight is 1180 g/mol. The minimum absolute atomic E-state index is 0. The van der Waals surface area contributed by atoms with E-state index in [1.165, 1.54) is 47.9 Å². The third-order valence-corrected chi connectivity index (χ3v) is 14.5. The van der Waals surface area contributed by atoms with E-state index in [2.05, 4.69) is 124 Å². The largest absolute Gasteiger partial charge is 0.399 e. The van der Waals surface area contributed by atoms with Crippen molar-refractivity contribution < 1.29 is 20.5 Å². The molecule has 0 aliphatic carbocycles. The van der Waals surface area contributed by atoms with Crippen molar-refractivity contribution in [2.45, 2.75) is 14.9 Å². The molecule has 11 rings (SSSR count). The number of H-pyrrole nitrogens is 1. The van der Waals surface area contributed by atoms with Crippen LogP contribution in [0.2, 0.25) is 0 Å². The standard InChI is InChI=1S/C14H18N4O2.C14H20N4.C9H7BrN2O2.C8H5BrN2O2.C5H12N2.CH3F.2CH4/c1-15-5-7-17(8-6-15)14-10-11(18(19)20)9-13-12(14)3-4-16(13)2;1-16-5-7-18(8-6-16)14-10-11(15)9-13-12(14)3-4-17(13)2;1-11-3-2-7-8(10)4-6(12(13)14)5-9(7)11;9-7-3-5(11(12)13)4-8-6(7)1-2-10-8;1-7-4-2-6-3-5-7;1-2;;/h3-4,9-10H,5-8H2,1-2H3;3-4,9-10H,5-8,15H2,1-2H3;2-5H,1H3;1-4,10H;6H,2-5H2,1H3;1H3;2*1H4/i;;;;;1D;;. The monoisotopic (exact) mass is 1180 g/mol. The predicted molar refractivity (Wildman–Crippen MR) is 317 cm³/mol. The van der Waals surface area contributed by atoms with Crippen LogP contribution >= 0.6 is 31.9 Å². The number of halogens is 3. The Labute approximate surface area is 461 Å². The zero-order valence-corrected chi connectivity index (χ0v) is 45.7. The van der Waals surface area contributed by atoms with Crippen molar-refractivity contribution in [3.8, 4) is 0 Å². The summed E-state index contributed by atoms with van der Waals surface area (Å²) >= 11 is 6.58. The Balaban J connectivity index is 0.000000209. The van der Waals surface area contributed by atoms with Gasteiger partial charge in [-0.1, -0.05) is 14.9 Å². The molecular weight excluding hydrogens is 1110 g/mol. The number of nitrogen functional groups attached to an aromatic ring is 1. The van der Waals surface area contributed by atoms with Gasteiger partial charge in [-0.05, 0) is 89.4 Å². The van der Waals surface area contributed by atoms with Gasteiger partial charge >= 0.3 is 0 Å². The maximum Gasteiger partial charge on any atom is 0.273 e. The molecule has 20 nitrogen and oxygen atoms in total. The van der Waals surface area contributed by atoms with Crippen molar-refractivity contribution in [3.05, 3.63) is 137 Å². The zero-order valence-electron chi connectivity index (χ0n) is 43.5. The minimum atomic E-state index is -1.00. The summed E-state index contributed by atoms with van der Waals surface area (Å²) in [6.45, 7) is 12.9. The molecule has 0 radical (unpaired) electrons. The van der Waals surface area contributed by atoms with Gasteiger partial charge < -0.3 is 54.2 Å². The van der Waals surface area contributed by atoms with Crippen molar-refractivity contribution in [2.24, 2.45) is 21.1 Å². The number of piperazine rings is 3. The number of nitrogens with zero attached hydrogens (tertiary/aromatic N) is 11. The van der Waals surface area contributed by atoms with Gasteiger partial charge in [0.1, 0.15) is 0 Å². The number of hydrogen-bond donors (Lipinski definition) is 3. The molecule has 76 heavy (non-hydrogen) atoms. The van der Waals surface area contributed by atoms with Gasteiger partial charge in [-0.25, -0.2) is 0 Å². The third kappa shape index (κ3) is 15.5. The number of anilines is 3. The molecule has 0 amide bonds. The van der Waals surface area contributed by atoms with E-state index >= 15 is 0 Å². The molecular formula is C53H73Br2FN14O6. The van der Waals surface area contributed by atoms with Crippen LogP contribution < -0.4 is 20.9 Å². The first-order valence-electron chi connectivity index (χ1n) is 24.5. The van der Waals surface area contributed by atoms with Gasteiger partial charge in [0.15, 0.2) is 0 Å². The van der Waals surface area contributed by atoms with Crippen molar-refractivity contribution in [2.75, 3.05) is 122 Å². The van der Waals surface area contributed by atoms with Gasteiger partial charge in [0.25, 0.3) is 17.1 Å². The summed E-state index contributed by atoms with van der Waals surface area (Å²) < 4.78 is 22.9. The first kappa shape index (κ1) is 60.2. The summed E-state index contributed by atoms with van der Waals surface area (Å²) in [4.78, 5) is 45.7. The number of rotatable bonds is 5. The maximum absolute atomic E-state index is 11.1. The molecule has 3 fully saturated rings. The molecule has 3 aliphatic rings. The van der Waals surface area contributed by atoms with Crippen molar-refractivity contribution in [1.29, 1.82) is 0 Å². The van der Waals surface area contributed by atoms with Crippen LogP contribution in [0.5, 0.6) is 0 Å². The van der Waals surface area contributed by atoms with Crippen LogP contribution in [0.1, 0.15) is 16.2 Å². The fourth-order valence-electron chi connectivity index (χ4n) is 8.84. The number of aromatic nitrogens is 4. The highest BCUT2D eigenvalue weighted by molar-refractivity contribution is 9.11. The van der Waals surface area contributed by atoms with Crippen LogP contribution in [0.3, 0.4) is 0 Å². The second-order valence-electron chi connectivity index (χ2n) is 18.3. The fraction of sp³-hybridized carbons (Fsp3) is 0.396. The van der Waals surface area contributed by atoms with Gasteiger partial charge in [0.2, 0.25) is 0 Å². The highest BCUT2D eigenvalue weighted by atomic mass is 79.9. The molecule has 23 heteroatoms. The molecule has 4 N–H and O–H groups in total. The lowest BCUT2D eigenvalue weighted by Crippen LogP contribution is -2.44. The number of nitrogens with two attached hydrogens (primary N) is 1. The number of alkyl halides is 1. The minimum Gasteiger partial charge on any atom is -0.399 e. The first-order valence-corrected chi connectivity index (χ1v) is 25.4. The smallest absolute Gasteiger partial charge is 0.273 e. The molecule has 4 aromatic carbocycles. The Bertz CT molecular complexity index is 3220. The van der Waals surface area contributed by atoms with Crippen LogP contribution in [0.15, 0.2) is 107 Å². The quantitative estimate of drug-likeness (QED) is 0.0832. The molecule has 0 saturated carbocycles. The van der Waals surface area contributed by atoms with E-state index in [9.17, 15) is 34.7 Å². The maximum atomic E-state index is 11.1. The lowest BCUT2D eigenvalue weighted by atomic mass is 10.1. The first-order chi connectivity index (χ1) is 35.8. The molecule has 0 spiro atoms. The highest BCUT2D eigenvalue weighted by Gasteiger charge is 2.22. The number of hydrogen-bond acceptors (Lipinski definition) is 13. The molecule has 4 aromatic heterocycles. The van der Waals surface area contributed by atoms with Crippen molar-refractivity contribution in [1.82, 2.24) is 38.7 Å². The molecule has 0 atom stereocenters. The number of likely N-dealkylation sites (N-methyl/N-ethyl adjacent to an activating group) is 3. The number of nitro groups is 3. The SMILES string of the molecule is C.C.CN1CCN(c2cc(N)cc3c2ccn3C)CC1.CN1CCN(c2cc([N+](=O)[O-])cc3c2ccn3C)CC1.CN1CCNCC1.Cn1ccc2c(Br)cc([N+](=O)[O-])cc21.O=[N+]([O-])c1cc(Br)c2cc[nH]c2c1.[2H]CF. The number of fused-ring (bicyclic) bond motifs is 4. The topological polar surface area (TPSA) is 214 Å². The fourth-order valence-corrected chi connectivity index (χ4v) is 9.99. The molecule has 8 aromatic rings. The van der Waals surface area contributed by atoms with Gasteiger partial charge in [-0.15, -0.1) is 0 Å². The summed E-state index contributed by atoms with van der Waals surface area (Å²) in [6.07, 6.45) is 7.68. The number of non-ortho nitro benzene ring substituents is 3. The Hall–Kier alpha value is -6.63. The van der Waals surface area contributed by atoms with Crippen molar-refractivity contribution in [3.63, 3.8) is 0 Å². The number of nitrogens with one attached hydrogen (secondary N) is 2. The summed E-state index contributed by atoms with van der Waals surface area (Å²) in [5, 5.41) is 39.8. The van der Waals surface area contributed by atoms with Crippen molar-refractivity contribution >= 4 is 110 Å². The second kappa shape index (κ2) is 28.5. The van der Waals surface area contributed by atoms with E-state index in [0.717, 1.165) is 118 Å². The van der Waals surface area contributed by atoms with E-state index < -0.39 is 17.0 Å². The summed E-state index contributed by atoms with van der Waals surface area (Å²) in [5.74, 6) is 0. The Morgan fingerprint density at radius 3 is 1.37 bits per heavy atom. The summed E-state index contributed by atoms with van der Waals surface area (Å²) in [7, 11) is 11.3. The van der Waals surface area contributed by atoms with Gasteiger partial charge in [-0.2, -0.15) is 0 Å². The normalized spacial score (nSPS) is 14.9. The van der Waals surface area contributed by atoms with Gasteiger partial charge in [-0.3, -0.25) is 34.7 Å². The number of nitro benzene ring substituents is 3. The molecule has 412 valence electrons. The number of aromatic amines is 1. The molecule has 0 bridgehead atoms. The Kier molecular flexibility index (Phi) is 22.6. The zero-order chi connectivity index (χ0) is 54.5. The van der Waals surface area contributed by atoms with Crippen LogP contribution in [0.25, 0.3) is 43.6 Å². The van der Waals surface area contributed by atoms with Gasteiger partial charge in [0, 0.05) is 203 Å². The third-order valence-electron chi connectivity index (χ3n) is 13.2. The van der Waals surface area contributed by atoms with Crippen LogP contribution in [0.4, 0.5) is 38.5 Å². The lowest BCUT2D eigenvalue weighted by molar-refractivity contribution is -0.385. The predicted octanol–water partition coefficient (Wildman–Crippen LogP) is 10.4. The van der Waals surface area contributed by atoms with E-state index in [-0.39, 0.29) is 36.8 Å². The number of benzene rings is 4. The van der Waals surface area contributed by atoms with Crippen LogP contribution in [-0.4, -0.2) is 155 Å². The lowest BCUT2D eigenvalue weighted by Gasteiger charge is -2.34. The van der Waals surface area contributed by atoms with Gasteiger partial charge in [0.05, 0.1) is 51.0 Å². The average Bonchev–Trinajstić information content (AvgIpc) is 4.20. The summed E-state index contributed by atoms with van der Waals surface area (Å²) in [5.41, 5.74) is 13.2.